The molecule has 1 atom stereocenters. The van der Waals surface area contributed by atoms with Crippen molar-refractivity contribution in [1.29, 1.82) is 0 Å². The van der Waals surface area contributed by atoms with Crippen LogP contribution in [0, 0.1) is 11.8 Å². The summed E-state index contributed by atoms with van der Waals surface area (Å²) < 4.78 is 5.33. The van der Waals surface area contributed by atoms with Crippen molar-refractivity contribution in [2.45, 2.75) is 71.4 Å². The third-order valence-corrected chi connectivity index (χ3v) is 5.39. The third kappa shape index (κ3) is 6.56. The maximum atomic E-state index is 12.3. The molecule has 1 N–H and O–H groups in total. The monoisotopic (exact) mass is 359 g/mol. The van der Waals surface area contributed by atoms with E-state index in [4.69, 9.17) is 4.74 Å². The Morgan fingerprint density at radius 2 is 1.85 bits per heavy atom. The Balaban J connectivity index is 1.72. The van der Waals surface area contributed by atoms with Crippen molar-refractivity contribution in [3.05, 3.63) is 35.9 Å². The van der Waals surface area contributed by atoms with Crippen LogP contribution >= 0.6 is 0 Å². The smallest absolute Gasteiger partial charge is 0.320 e. The van der Waals surface area contributed by atoms with Gasteiger partial charge in [-0.2, -0.15) is 0 Å². The molecule has 0 saturated heterocycles. The number of carbonyl (C=O) groups is 2. The first kappa shape index (κ1) is 20.6. The standard InChI is InChI=1S/C22H33NO3/c1-17(2)14-18(3)20(24)10-13-22(11-7-12-22)23-15-21(25)26-16-19-8-5-4-6-9-19/h4-6,8-9,17-18,23H,7,10-16H2,1-3H3/t18-/m0/s1. The number of carbonyl (C=O) groups excluding carboxylic acids is 2. The fraction of sp³-hybridized carbons (Fsp3) is 0.636. The normalized spacial score (nSPS) is 16.8. The lowest BCUT2D eigenvalue weighted by molar-refractivity contribution is -0.144. The number of hydrogen-bond acceptors (Lipinski definition) is 4. The van der Waals surface area contributed by atoms with E-state index in [1.54, 1.807) is 0 Å². The molecule has 1 aromatic rings. The molecule has 2 rings (SSSR count). The first-order valence-electron chi connectivity index (χ1n) is 9.87. The molecule has 0 spiro atoms. The molecular formula is C22H33NO3. The van der Waals surface area contributed by atoms with E-state index in [1.165, 1.54) is 0 Å². The molecule has 4 nitrogen and oxygen atoms in total. The average molecular weight is 360 g/mol. The molecule has 0 unspecified atom stereocenters. The molecule has 144 valence electrons. The highest BCUT2D eigenvalue weighted by molar-refractivity contribution is 5.80. The van der Waals surface area contributed by atoms with E-state index >= 15 is 0 Å². The molecule has 1 fully saturated rings. The highest BCUT2D eigenvalue weighted by Gasteiger charge is 2.37. The summed E-state index contributed by atoms with van der Waals surface area (Å²) in [5.41, 5.74) is 0.933. The molecule has 0 aliphatic heterocycles. The largest absolute Gasteiger partial charge is 0.460 e. The van der Waals surface area contributed by atoms with Gasteiger partial charge < -0.3 is 10.1 Å². The molecule has 0 aromatic heterocycles. The van der Waals surface area contributed by atoms with Gasteiger partial charge >= 0.3 is 5.97 Å². The molecule has 26 heavy (non-hydrogen) atoms. The second-order valence-electron chi connectivity index (χ2n) is 8.13. The number of Topliss-reactive ketones (excluding diaryl/α,β-unsaturated/α-hetero) is 1. The van der Waals surface area contributed by atoms with Crippen molar-refractivity contribution in [1.82, 2.24) is 5.32 Å². The summed E-state index contributed by atoms with van der Waals surface area (Å²) in [7, 11) is 0. The van der Waals surface area contributed by atoms with E-state index in [0.29, 0.717) is 24.7 Å². The number of hydrogen-bond donors (Lipinski definition) is 1. The van der Waals surface area contributed by atoms with Crippen molar-refractivity contribution in [2.24, 2.45) is 11.8 Å². The van der Waals surface area contributed by atoms with E-state index in [-0.39, 0.29) is 24.0 Å². The number of rotatable bonds is 11. The topological polar surface area (TPSA) is 55.4 Å². The number of ketones is 1. The van der Waals surface area contributed by atoms with Crippen molar-refractivity contribution in [2.75, 3.05) is 6.54 Å². The first-order chi connectivity index (χ1) is 12.4. The zero-order chi connectivity index (χ0) is 19.0. The summed E-state index contributed by atoms with van der Waals surface area (Å²) in [6.07, 6.45) is 5.59. The van der Waals surface area contributed by atoms with Crippen LogP contribution in [0.4, 0.5) is 0 Å². The molecule has 1 aliphatic carbocycles. The summed E-state index contributed by atoms with van der Waals surface area (Å²) in [5.74, 6) is 0.783. The van der Waals surface area contributed by atoms with Crippen LogP contribution in [0.15, 0.2) is 30.3 Å². The van der Waals surface area contributed by atoms with Crippen LogP contribution in [0.5, 0.6) is 0 Å². The summed E-state index contributed by atoms with van der Waals surface area (Å²) >= 11 is 0. The Kier molecular flexibility index (Phi) is 7.83. The lowest BCUT2D eigenvalue weighted by atomic mass is 9.72. The van der Waals surface area contributed by atoms with Crippen molar-refractivity contribution in [3.63, 3.8) is 0 Å². The number of esters is 1. The predicted octanol–water partition coefficient (Wildman–Crippen LogP) is 4.27. The quantitative estimate of drug-likeness (QED) is 0.599. The van der Waals surface area contributed by atoms with Crippen LogP contribution in [0.2, 0.25) is 0 Å². The highest BCUT2D eigenvalue weighted by Crippen LogP contribution is 2.36. The Hall–Kier alpha value is -1.68. The van der Waals surface area contributed by atoms with Gasteiger partial charge in [0.1, 0.15) is 12.4 Å². The van der Waals surface area contributed by atoms with Crippen LogP contribution in [0.3, 0.4) is 0 Å². The molecular weight excluding hydrogens is 326 g/mol. The Labute approximate surface area is 157 Å². The van der Waals surface area contributed by atoms with Crippen LogP contribution in [0.1, 0.15) is 64.9 Å². The predicted molar refractivity (Wildman–Crippen MR) is 104 cm³/mol. The molecule has 0 heterocycles. The zero-order valence-corrected chi connectivity index (χ0v) is 16.4. The summed E-state index contributed by atoms with van der Waals surface area (Å²) in [5, 5.41) is 3.38. The highest BCUT2D eigenvalue weighted by atomic mass is 16.5. The Morgan fingerprint density at radius 1 is 1.15 bits per heavy atom. The maximum absolute atomic E-state index is 12.3. The van der Waals surface area contributed by atoms with Crippen LogP contribution in [-0.2, 0) is 20.9 Å². The molecule has 0 radical (unpaired) electrons. The van der Waals surface area contributed by atoms with Gasteiger partial charge in [-0.1, -0.05) is 51.1 Å². The van der Waals surface area contributed by atoms with Crippen molar-refractivity contribution >= 4 is 11.8 Å². The minimum absolute atomic E-state index is 0.0566. The van der Waals surface area contributed by atoms with Gasteiger partial charge in [-0.25, -0.2) is 0 Å². The minimum atomic E-state index is -0.236. The maximum Gasteiger partial charge on any atom is 0.320 e. The minimum Gasteiger partial charge on any atom is -0.460 e. The number of nitrogens with one attached hydrogen (secondary N) is 1. The van der Waals surface area contributed by atoms with Gasteiger partial charge in [-0.05, 0) is 43.6 Å². The van der Waals surface area contributed by atoms with Gasteiger partial charge in [0.2, 0.25) is 0 Å². The SMILES string of the molecule is CC(C)C[C@H](C)C(=O)CCC1(NCC(=O)OCc2ccccc2)CCC1. The van der Waals surface area contributed by atoms with Crippen LogP contribution in [0.25, 0.3) is 0 Å². The van der Waals surface area contributed by atoms with E-state index in [0.717, 1.165) is 37.7 Å². The van der Waals surface area contributed by atoms with Gasteiger partial charge in [0.25, 0.3) is 0 Å². The molecule has 1 aliphatic rings. The molecule has 1 saturated carbocycles. The Bertz CT molecular complexity index is 578. The van der Waals surface area contributed by atoms with Gasteiger partial charge in [0.05, 0.1) is 6.54 Å². The number of ether oxygens (including phenoxy) is 1. The number of benzene rings is 1. The first-order valence-corrected chi connectivity index (χ1v) is 9.87. The molecule has 0 bridgehead atoms. The lowest BCUT2D eigenvalue weighted by Gasteiger charge is -2.43. The fourth-order valence-corrected chi connectivity index (χ4v) is 3.61. The fourth-order valence-electron chi connectivity index (χ4n) is 3.61. The molecule has 4 heteroatoms. The van der Waals surface area contributed by atoms with Crippen LogP contribution in [-0.4, -0.2) is 23.8 Å². The van der Waals surface area contributed by atoms with E-state index in [9.17, 15) is 9.59 Å². The van der Waals surface area contributed by atoms with E-state index in [1.807, 2.05) is 37.3 Å². The van der Waals surface area contributed by atoms with Gasteiger partial charge in [0, 0.05) is 17.9 Å². The summed E-state index contributed by atoms with van der Waals surface area (Å²) in [6, 6.07) is 9.69. The summed E-state index contributed by atoms with van der Waals surface area (Å²) in [4.78, 5) is 24.4. The average Bonchev–Trinajstić information content (AvgIpc) is 2.58. The van der Waals surface area contributed by atoms with Crippen molar-refractivity contribution < 1.29 is 14.3 Å². The second-order valence-corrected chi connectivity index (χ2v) is 8.13. The van der Waals surface area contributed by atoms with Crippen molar-refractivity contribution in [3.8, 4) is 0 Å². The van der Waals surface area contributed by atoms with Gasteiger partial charge in [-0.3, -0.25) is 9.59 Å². The van der Waals surface area contributed by atoms with Gasteiger partial charge in [0.15, 0.2) is 0 Å². The van der Waals surface area contributed by atoms with E-state index in [2.05, 4.69) is 19.2 Å². The van der Waals surface area contributed by atoms with Crippen LogP contribution < -0.4 is 5.32 Å². The lowest BCUT2D eigenvalue weighted by Crippen LogP contribution is -2.53. The second kappa shape index (κ2) is 9.86. The molecule has 0 amide bonds. The van der Waals surface area contributed by atoms with Gasteiger partial charge in [-0.15, -0.1) is 0 Å². The van der Waals surface area contributed by atoms with E-state index < -0.39 is 0 Å². The molecule has 1 aromatic carbocycles. The summed E-state index contributed by atoms with van der Waals surface area (Å²) in [6.45, 7) is 6.85. The third-order valence-electron chi connectivity index (χ3n) is 5.39. The zero-order valence-electron chi connectivity index (χ0n) is 16.4. The Morgan fingerprint density at radius 3 is 2.42 bits per heavy atom.